The van der Waals surface area contributed by atoms with Gasteiger partial charge in [0.25, 0.3) is 0 Å². The van der Waals surface area contributed by atoms with Gasteiger partial charge in [-0.1, -0.05) is 0 Å². The summed E-state index contributed by atoms with van der Waals surface area (Å²) in [7, 11) is 0. The Morgan fingerprint density at radius 3 is 2.85 bits per heavy atom. The molecule has 1 aromatic rings. The molecule has 0 saturated heterocycles. The van der Waals surface area contributed by atoms with Gasteiger partial charge in [-0.25, -0.2) is 4.98 Å². The Bertz CT molecular complexity index is 306. The normalized spacial score (nSPS) is 9.92. The van der Waals surface area contributed by atoms with Crippen LogP contribution in [0.1, 0.15) is 12.2 Å². The molecule has 1 heterocycles. The minimum atomic E-state index is -0.349. The smallest absolute Gasteiger partial charge is 0.219 e. The van der Waals surface area contributed by atoms with E-state index in [1.54, 1.807) is 6.92 Å². The number of hydrogen-bond donors (Lipinski definition) is 4. The lowest BCUT2D eigenvalue weighted by atomic mass is 10.4. The predicted molar refractivity (Wildman–Crippen MR) is 50.0 cm³/mol. The predicted octanol–water partition coefficient (Wildman–Crippen LogP) is -0.412. The number of aryl methyl sites for hydroxylation is 1. The first-order valence-electron chi connectivity index (χ1n) is 3.94. The van der Waals surface area contributed by atoms with Crippen molar-refractivity contribution in [3.63, 3.8) is 0 Å². The van der Waals surface area contributed by atoms with Crippen molar-refractivity contribution in [3.05, 3.63) is 5.82 Å². The second kappa shape index (κ2) is 3.79. The van der Waals surface area contributed by atoms with Crippen LogP contribution in [0.4, 0.5) is 11.6 Å². The summed E-state index contributed by atoms with van der Waals surface area (Å²) in [4.78, 5) is 17.3. The Labute approximate surface area is 75.7 Å². The maximum Gasteiger partial charge on any atom is 0.219 e. The van der Waals surface area contributed by atoms with Gasteiger partial charge in [-0.05, 0) is 6.92 Å². The molecule has 6 nitrogen and oxygen atoms in total. The summed E-state index contributed by atoms with van der Waals surface area (Å²) in [5.41, 5.74) is 10.5. The van der Waals surface area contributed by atoms with Gasteiger partial charge in [-0.15, -0.1) is 0 Å². The van der Waals surface area contributed by atoms with E-state index in [9.17, 15) is 4.79 Å². The van der Waals surface area contributed by atoms with Crippen molar-refractivity contribution in [2.75, 3.05) is 17.6 Å². The molecule has 0 radical (unpaired) electrons. The molecule has 0 aliphatic rings. The quantitative estimate of drug-likeness (QED) is 0.508. The molecule has 0 atom stereocenters. The maximum absolute atomic E-state index is 10.4. The molecule has 6 heteroatoms. The number of primary amides is 1. The number of rotatable bonds is 4. The monoisotopic (exact) mass is 183 g/mol. The van der Waals surface area contributed by atoms with Crippen LogP contribution >= 0.6 is 0 Å². The summed E-state index contributed by atoms with van der Waals surface area (Å²) < 4.78 is 0. The van der Waals surface area contributed by atoms with Crippen LogP contribution in [-0.2, 0) is 4.79 Å². The van der Waals surface area contributed by atoms with Gasteiger partial charge in [0.1, 0.15) is 11.6 Å². The second-order valence-electron chi connectivity index (χ2n) is 2.73. The minimum Gasteiger partial charge on any atom is -0.382 e. The number of imidazole rings is 1. The molecule has 0 aliphatic heterocycles. The number of nitrogens with one attached hydrogen (secondary N) is 2. The van der Waals surface area contributed by atoms with Crippen LogP contribution in [0.15, 0.2) is 0 Å². The van der Waals surface area contributed by atoms with Crippen molar-refractivity contribution in [1.82, 2.24) is 9.97 Å². The van der Waals surface area contributed by atoms with Crippen LogP contribution in [0.25, 0.3) is 0 Å². The molecular weight excluding hydrogens is 170 g/mol. The van der Waals surface area contributed by atoms with Gasteiger partial charge in [0.15, 0.2) is 5.82 Å². The fourth-order valence-electron chi connectivity index (χ4n) is 0.949. The number of anilines is 2. The number of aromatic nitrogens is 2. The van der Waals surface area contributed by atoms with Crippen LogP contribution in [0.2, 0.25) is 0 Å². The molecule has 0 aliphatic carbocycles. The molecule has 0 bridgehead atoms. The van der Waals surface area contributed by atoms with Crippen LogP contribution in [-0.4, -0.2) is 22.4 Å². The van der Waals surface area contributed by atoms with E-state index in [-0.39, 0.29) is 12.3 Å². The molecule has 6 N–H and O–H groups in total. The zero-order valence-corrected chi connectivity index (χ0v) is 7.42. The fourth-order valence-corrected chi connectivity index (χ4v) is 0.949. The summed E-state index contributed by atoms with van der Waals surface area (Å²) in [5.74, 6) is 1.43. The minimum absolute atomic E-state index is 0.269. The van der Waals surface area contributed by atoms with Crippen molar-refractivity contribution in [1.29, 1.82) is 0 Å². The lowest BCUT2D eigenvalue weighted by Gasteiger charge is -2.00. The van der Waals surface area contributed by atoms with Crippen molar-refractivity contribution in [2.24, 2.45) is 5.73 Å². The van der Waals surface area contributed by atoms with E-state index in [0.717, 1.165) is 5.82 Å². The number of H-pyrrole nitrogens is 1. The molecule has 1 amide bonds. The van der Waals surface area contributed by atoms with Gasteiger partial charge in [0.05, 0.1) is 0 Å². The largest absolute Gasteiger partial charge is 0.382 e. The third-order valence-electron chi connectivity index (χ3n) is 1.51. The Kier molecular flexibility index (Phi) is 2.73. The first-order valence-corrected chi connectivity index (χ1v) is 3.94. The molecule has 0 aromatic carbocycles. The molecule has 13 heavy (non-hydrogen) atoms. The molecule has 0 saturated carbocycles. The summed E-state index contributed by atoms with van der Waals surface area (Å²) in [6.07, 6.45) is 0.269. The third kappa shape index (κ3) is 2.66. The Morgan fingerprint density at radius 2 is 2.38 bits per heavy atom. The molecule has 72 valence electrons. The number of carbonyl (C=O) groups is 1. The average molecular weight is 183 g/mol. The number of carbonyl (C=O) groups excluding carboxylic acids is 1. The highest BCUT2D eigenvalue weighted by Crippen LogP contribution is 2.12. The number of amides is 1. The first-order chi connectivity index (χ1) is 6.09. The van der Waals surface area contributed by atoms with E-state index < -0.39 is 0 Å². The van der Waals surface area contributed by atoms with Crippen LogP contribution < -0.4 is 16.8 Å². The summed E-state index contributed by atoms with van der Waals surface area (Å²) in [5, 5.41) is 2.90. The van der Waals surface area contributed by atoms with Crippen molar-refractivity contribution >= 4 is 17.5 Å². The molecule has 1 rings (SSSR count). The molecule has 0 fully saturated rings. The van der Waals surface area contributed by atoms with E-state index in [0.29, 0.717) is 18.2 Å². The summed E-state index contributed by atoms with van der Waals surface area (Å²) in [6.45, 7) is 2.25. The maximum atomic E-state index is 10.4. The van der Waals surface area contributed by atoms with E-state index in [2.05, 4.69) is 15.3 Å². The number of nitrogens with two attached hydrogens (primary N) is 2. The average Bonchev–Trinajstić information content (AvgIpc) is 2.29. The van der Waals surface area contributed by atoms with Crippen LogP contribution in [0.5, 0.6) is 0 Å². The molecular formula is C7H13N5O. The lowest BCUT2D eigenvalue weighted by Crippen LogP contribution is -2.16. The van der Waals surface area contributed by atoms with Crippen molar-refractivity contribution in [3.8, 4) is 0 Å². The zero-order valence-electron chi connectivity index (χ0n) is 7.42. The van der Waals surface area contributed by atoms with Gasteiger partial charge in [0, 0.05) is 13.0 Å². The molecule has 1 aromatic heterocycles. The van der Waals surface area contributed by atoms with E-state index >= 15 is 0 Å². The SMILES string of the molecule is Cc1nc(NCCC(N)=O)c(N)[nH]1. The Hall–Kier alpha value is -1.72. The number of nitrogen functional groups attached to an aromatic ring is 1. The van der Waals surface area contributed by atoms with Crippen LogP contribution in [0, 0.1) is 6.92 Å². The fraction of sp³-hybridized carbons (Fsp3) is 0.429. The highest BCUT2D eigenvalue weighted by atomic mass is 16.1. The summed E-state index contributed by atoms with van der Waals surface area (Å²) in [6, 6.07) is 0. The molecule has 0 spiro atoms. The van der Waals surface area contributed by atoms with E-state index in [1.807, 2.05) is 0 Å². The Balaban J connectivity index is 2.45. The van der Waals surface area contributed by atoms with Gasteiger partial charge >= 0.3 is 0 Å². The Morgan fingerprint density at radius 1 is 1.69 bits per heavy atom. The van der Waals surface area contributed by atoms with Crippen molar-refractivity contribution < 1.29 is 4.79 Å². The van der Waals surface area contributed by atoms with Gasteiger partial charge < -0.3 is 21.8 Å². The third-order valence-corrected chi connectivity index (χ3v) is 1.51. The van der Waals surface area contributed by atoms with E-state index in [1.165, 1.54) is 0 Å². The molecule has 0 unspecified atom stereocenters. The van der Waals surface area contributed by atoms with Crippen molar-refractivity contribution in [2.45, 2.75) is 13.3 Å². The zero-order chi connectivity index (χ0) is 9.84. The second-order valence-corrected chi connectivity index (χ2v) is 2.73. The van der Waals surface area contributed by atoms with Gasteiger partial charge in [-0.2, -0.15) is 0 Å². The summed E-state index contributed by atoms with van der Waals surface area (Å²) >= 11 is 0. The highest BCUT2D eigenvalue weighted by Gasteiger charge is 2.03. The first kappa shape index (κ1) is 9.37. The number of aromatic amines is 1. The highest BCUT2D eigenvalue weighted by molar-refractivity contribution is 5.74. The standard InChI is InChI=1S/C7H13N5O/c1-4-11-6(9)7(12-4)10-3-2-5(8)13/h10H,2-3,9H2,1H3,(H2,8,13)(H,11,12). The van der Waals surface area contributed by atoms with Crippen LogP contribution in [0.3, 0.4) is 0 Å². The van der Waals surface area contributed by atoms with Gasteiger partial charge in [0.2, 0.25) is 5.91 Å². The number of hydrogen-bond acceptors (Lipinski definition) is 4. The topological polar surface area (TPSA) is 110 Å². The van der Waals surface area contributed by atoms with Gasteiger partial charge in [-0.3, -0.25) is 4.79 Å². The lowest BCUT2D eigenvalue weighted by molar-refractivity contribution is -0.117. The van der Waals surface area contributed by atoms with E-state index in [4.69, 9.17) is 11.5 Å². The number of nitrogens with zero attached hydrogens (tertiary/aromatic N) is 1.